The van der Waals surface area contributed by atoms with Gasteiger partial charge in [-0.15, -0.1) is 0 Å². The first kappa shape index (κ1) is 31.5. The zero-order chi connectivity index (χ0) is 27.5. The number of nitrogens with zero attached hydrogens (tertiary/aromatic N) is 1. The lowest BCUT2D eigenvalue weighted by Crippen LogP contribution is -2.57. The molecule has 7 heteroatoms. The van der Waals surface area contributed by atoms with E-state index < -0.39 is 23.8 Å². The lowest BCUT2D eigenvalue weighted by Gasteiger charge is -2.39. The van der Waals surface area contributed by atoms with Crippen molar-refractivity contribution < 1.29 is 19.1 Å². The predicted octanol–water partition coefficient (Wildman–Crippen LogP) is 5.85. The third-order valence-electron chi connectivity index (χ3n) is 5.97. The number of unbranched alkanes of at least 4 members (excludes halogenated alkanes) is 1. The molecule has 0 radical (unpaired) electrons. The number of carbonyl (C=O) groups is 3. The first-order valence-corrected chi connectivity index (χ1v) is 13.4. The highest BCUT2D eigenvalue weighted by Crippen LogP contribution is 2.28. The molecule has 0 aliphatic rings. The lowest BCUT2D eigenvalue weighted by atomic mass is 9.95. The molecule has 0 saturated carbocycles. The van der Waals surface area contributed by atoms with Crippen LogP contribution in [0.5, 0.6) is 0 Å². The molecule has 1 aromatic carbocycles. The highest BCUT2D eigenvalue weighted by atomic mass is 16.6. The maximum atomic E-state index is 14.2. The van der Waals surface area contributed by atoms with Crippen LogP contribution < -0.4 is 10.6 Å². The number of alkyl carbamates (subject to hydrolysis) is 1. The molecular weight excluding hydrogens is 454 g/mol. The van der Waals surface area contributed by atoms with Crippen molar-refractivity contribution in [3.05, 3.63) is 35.9 Å². The van der Waals surface area contributed by atoms with Crippen molar-refractivity contribution >= 4 is 17.9 Å². The van der Waals surface area contributed by atoms with Gasteiger partial charge in [-0.2, -0.15) is 0 Å². The average molecular weight is 504 g/mol. The van der Waals surface area contributed by atoms with Crippen molar-refractivity contribution in [2.45, 2.75) is 112 Å². The summed E-state index contributed by atoms with van der Waals surface area (Å²) >= 11 is 0. The van der Waals surface area contributed by atoms with Crippen molar-refractivity contribution in [1.82, 2.24) is 15.5 Å². The van der Waals surface area contributed by atoms with Crippen molar-refractivity contribution in [1.29, 1.82) is 0 Å². The zero-order valence-corrected chi connectivity index (χ0v) is 23.9. The van der Waals surface area contributed by atoms with Gasteiger partial charge in [-0.25, -0.2) is 4.79 Å². The second kappa shape index (κ2) is 14.9. The monoisotopic (exact) mass is 503 g/mol. The fourth-order valence-electron chi connectivity index (χ4n) is 3.98. The molecule has 1 rings (SSSR count). The van der Waals surface area contributed by atoms with E-state index in [1.165, 1.54) is 0 Å². The number of ether oxygens (including phenoxy) is 1. The van der Waals surface area contributed by atoms with E-state index in [9.17, 15) is 14.4 Å². The molecule has 0 aliphatic carbocycles. The van der Waals surface area contributed by atoms with Crippen molar-refractivity contribution in [3.63, 3.8) is 0 Å². The highest BCUT2D eigenvalue weighted by molar-refractivity contribution is 5.92. The molecule has 204 valence electrons. The highest BCUT2D eigenvalue weighted by Gasteiger charge is 2.39. The molecule has 0 heterocycles. The Morgan fingerprint density at radius 2 is 1.58 bits per heavy atom. The largest absolute Gasteiger partial charge is 0.444 e. The minimum absolute atomic E-state index is 0.204. The van der Waals surface area contributed by atoms with Crippen LogP contribution in [0.25, 0.3) is 0 Å². The fraction of sp³-hybridized carbons (Fsp3) is 0.690. The summed E-state index contributed by atoms with van der Waals surface area (Å²) < 4.78 is 5.45. The second-order valence-corrected chi connectivity index (χ2v) is 11.4. The van der Waals surface area contributed by atoms with Crippen LogP contribution in [0.15, 0.2) is 30.3 Å². The van der Waals surface area contributed by atoms with Gasteiger partial charge in [0.2, 0.25) is 11.8 Å². The molecule has 0 fully saturated rings. The van der Waals surface area contributed by atoms with Gasteiger partial charge in [0.1, 0.15) is 17.7 Å². The van der Waals surface area contributed by atoms with Crippen LogP contribution in [0, 0.1) is 11.8 Å². The third-order valence-corrected chi connectivity index (χ3v) is 5.97. The number of benzene rings is 1. The topological polar surface area (TPSA) is 87.7 Å². The Morgan fingerprint density at radius 3 is 2.08 bits per heavy atom. The molecule has 2 N–H and O–H groups in total. The maximum absolute atomic E-state index is 14.2. The van der Waals surface area contributed by atoms with Gasteiger partial charge in [-0.3, -0.25) is 9.59 Å². The van der Waals surface area contributed by atoms with E-state index in [4.69, 9.17) is 4.74 Å². The van der Waals surface area contributed by atoms with Gasteiger partial charge in [0.15, 0.2) is 0 Å². The summed E-state index contributed by atoms with van der Waals surface area (Å²) in [6, 6.07) is 7.55. The van der Waals surface area contributed by atoms with Gasteiger partial charge in [0.25, 0.3) is 0 Å². The normalized spacial score (nSPS) is 14.2. The molecule has 0 aliphatic heterocycles. The lowest BCUT2D eigenvalue weighted by molar-refractivity contribution is -0.146. The minimum atomic E-state index is -0.837. The summed E-state index contributed by atoms with van der Waals surface area (Å²) in [5.41, 5.74) is 0.0565. The van der Waals surface area contributed by atoms with E-state index in [1.807, 2.05) is 51.1 Å². The van der Waals surface area contributed by atoms with Crippen LogP contribution in [0.3, 0.4) is 0 Å². The molecule has 3 amide bonds. The van der Waals surface area contributed by atoms with Crippen molar-refractivity contribution in [2.75, 3.05) is 6.54 Å². The summed E-state index contributed by atoms with van der Waals surface area (Å²) in [6.45, 7) is 18.0. The van der Waals surface area contributed by atoms with Crippen LogP contribution >= 0.6 is 0 Å². The Hall–Kier alpha value is -2.57. The van der Waals surface area contributed by atoms with Gasteiger partial charge in [0, 0.05) is 12.6 Å². The number of hydrogen-bond donors (Lipinski definition) is 2. The number of rotatable bonds is 13. The second-order valence-electron chi connectivity index (χ2n) is 11.4. The molecule has 1 aromatic rings. The average Bonchev–Trinajstić information content (AvgIpc) is 2.78. The van der Waals surface area contributed by atoms with Crippen LogP contribution in [-0.4, -0.2) is 47.0 Å². The van der Waals surface area contributed by atoms with Crippen molar-refractivity contribution in [3.8, 4) is 0 Å². The molecule has 0 aromatic heterocycles. The maximum Gasteiger partial charge on any atom is 0.408 e. The Bertz CT molecular complexity index is 818. The van der Waals surface area contributed by atoms with Crippen LogP contribution in [-0.2, 0) is 14.3 Å². The molecule has 3 unspecified atom stereocenters. The summed E-state index contributed by atoms with van der Waals surface area (Å²) in [4.78, 5) is 42.1. The SMILES string of the molecule is CCCCNC(=O)C(c1ccccc1)N(C(=O)C(NC(=O)OC(C)(C)C)C(C)C)C(C)CCC(C)C. The quantitative estimate of drug-likeness (QED) is 0.331. The van der Waals surface area contributed by atoms with Gasteiger partial charge in [0.05, 0.1) is 0 Å². The summed E-state index contributed by atoms with van der Waals surface area (Å²) in [7, 11) is 0. The Balaban J connectivity index is 3.48. The van der Waals surface area contributed by atoms with E-state index in [2.05, 4.69) is 31.4 Å². The van der Waals surface area contributed by atoms with Crippen molar-refractivity contribution in [2.24, 2.45) is 11.8 Å². The number of carbonyl (C=O) groups excluding carboxylic acids is 3. The van der Waals surface area contributed by atoms with E-state index in [0.29, 0.717) is 12.5 Å². The van der Waals surface area contributed by atoms with Crippen LogP contribution in [0.2, 0.25) is 0 Å². The van der Waals surface area contributed by atoms with Crippen LogP contribution in [0.1, 0.15) is 99.6 Å². The smallest absolute Gasteiger partial charge is 0.408 e. The molecule has 3 atom stereocenters. The van der Waals surface area contributed by atoms with Gasteiger partial charge in [-0.05, 0) is 64.4 Å². The number of nitrogens with one attached hydrogen (secondary N) is 2. The van der Waals surface area contributed by atoms with Gasteiger partial charge in [-0.1, -0.05) is 71.4 Å². The molecule has 36 heavy (non-hydrogen) atoms. The number of amides is 3. The molecule has 0 spiro atoms. The molecule has 7 nitrogen and oxygen atoms in total. The summed E-state index contributed by atoms with van der Waals surface area (Å²) in [5, 5.41) is 5.82. The zero-order valence-electron chi connectivity index (χ0n) is 23.9. The molecular formula is C29H49N3O4. The summed E-state index contributed by atoms with van der Waals surface area (Å²) in [6.07, 6.45) is 2.83. The standard InChI is InChI=1S/C29H49N3O4/c1-10-11-19-30-26(33)25(23-15-13-12-14-16-23)32(22(6)18-17-20(2)3)27(34)24(21(4)5)31-28(35)36-29(7,8)9/h12-16,20-22,24-25H,10-11,17-19H2,1-9H3,(H,30,33)(H,31,35). The van der Waals surface area contributed by atoms with E-state index in [0.717, 1.165) is 31.2 Å². The number of hydrogen-bond acceptors (Lipinski definition) is 4. The fourth-order valence-corrected chi connectivity index (χ4v) is 3.98. The molecule has 0 saturated heterocycles. The Kier molecular flexibility index (Phi) is 13.0. The van der Waals surface area contributed by atoms with E-state index in [1.54, 1.807) is 25.7 Å². The van der Waals surface area contributed by atoms with Gasteiger partial charge < -0.3 is 20.3 Å². The van der Waals surface area contributed by atoms with E-state index >= 15 is 0 Å². The third kappa shape index (κ3) is 10.6. The predicted molar refractivity (Wildman–Crippen MR) is 145 cm³/mol. The molecule has 0 bridgehead atoms. The Labute approximate surface area is 218 Å². The van der Waals surface area contributed by atoms with Crippen LogP contribution in [0.4, 0.5) is 4.79 Å². The van der Waals surface area contributed by atoms with Gasteiger partial charge >= 0.3 is 6.09 Å². The first-order valence-electron chi connectivity index (χ1n) is 13.4. The first-order chi connectivity index (χ1) is 16.8. The minimum Gasteiger partial charge on any atom is -0.444 e. The Morgan fingerprint density at radius 1 is 0.972 bits per heavy atom. The summed E-state index contributed by atoms with van der Waals surface area (Å²) in [5.74, 6) is -0.242. The van der Waals surface area contributed by atoms with E-state index in [-0.39, 0.29) is 23.8 Å².